The van der Waals surface area contributed by atoms with E-state index in [9.17, 15) is 14.0 Å². The van der Waals surface area contributed by atoms with Crippen LogP contribution in [0.3, 0.4) is 0 Å². The lowest BCUT2D eigenvalue weighted by Crippen LogP contribution is -2.42. The zero-order valence-electron chi connectivity index (χ0n) is 15.9. The van der Waals surface area contributed by atoms with Crippen LogP contribution >= 0.6 is 0 Å². The second-order valence-corrected chi connectivity index (χ2v) is 7.03. The van der Waals surface area contributed by atoms with Gasteiger partial charge in [0.2, 0.25) is 5.91 Å². The summed E-state index contributed by atoms with van der Waals surface area (Å²) in [4.78, 5) is 29.9. The topological polar surface area (TPSA) is 71.6 Å². The number of fused-ring (bicyclic) bond motifs is 1. The van der Waals surface area contributed by atoms with Gasteiger partial charge in [0.1, 0.15) is 12.1 Å². The van der Waals surface area contributed by atoms with Crippen molar-refractivity contribution in [2.45, 2.75) is 25.0 Å². The Morgan fingerprint density at radius 3 is 2.72 bits per heavy atom. The highest BCUT2D eigenvalue weighted by Gasteiger charge is 2.41. The van der Waals surface area contributed by atoms with E-state index in [0.29, 0.717) is 0 Å². The number of halogens is 1. The van der Waals surface area contributed by atoms with Crippen LogP contribution in [-0.2, 0) is 20.7 Å². The molecule has 1 aliphatic heterocycles. The Morgan fingerprint density at radius 2 is 1.93 bits per heavy atom. The van der Waals surface area contributed by atoms with E-state index in [1.807, 2.05) is 24.3 Å². The molecule has 29 heavy (non-hydrogen) atoms. The number of carbonyl (C=O) groups excluding carboxylic acids is 2. The van der Waals surface area contributed by atoms with Crippen LogP contribution in [0.15, 0.2) is 54.7 Å². The molecule has 0 spiro atoms. The predicted octanol–water partition coefficient (Wildman–Crippen LogP) is 3.07. The molecule has 1 fully saturated rings. The first-order chi connectivity index (χ1) is 14.1. The number of aromatic amines is 1. The summed E-state index contributed by atoms with van der Waals surface area (Å²) < 4.78 is 24.5. The first-order valence-electron chi connectivity index (χ1n) is 9.40. The molecule has 6 nitrogen and oxygen atoms in total. The molecule has 7 heteroatoms. The third kappa shape index (κ3) is 3.81. The normalized spacial score (nSPS) is 18.8. The smallest absolute Gasteiger partial charge is 0.328 e. The third-order valence-electron chi connectivity index (χ3n) is 5.20. The molecular formula is C22H21FN2O4. The van der Waals surface area contributed by atoms with Gasteiger partial charge in [-0.05, 0) is 23.8 Å². The highest BCUT2D eigenvalue weighted by Crippen LogP contribution is 2.27. The predicted molar refractivity (Wildman–Crippen MR) is 105 cm³/mol. The average Bonchev–Trinajstić information content (AvgIpc) is 3.34. The molecule has 0 saturated carbocycles. The van der Waals surface area contributed by atoms with E-state index < -0.39 is 23.9 Å². The number of benzene rings is 2. The van der Waals surface area contributed by atoms with E-state index in [1.165, 1.54) is 24.1 Å². The summed E-state index contributed by atoms with van der Waals surface area (Å²) in [6.45, 7) is 0.190. The Morgan fingerprint density at radius 1 is 1.17 bits per heavy atom. The summed E-state index contributed by atoms with van der Waals surface area (Å²) in [7, 11) is 1.29. The lowest BCUT2D eigenvalue weighted by Gasteiger charge is -2.22. The van der Waals surface area contributed by atoms with Crippen LogP contribution in [-0.4, -0.2) is 47.6 Å². The number of carbonyl (C=O) groups is 2. The van der Waals surface area contributed by atoms with Crippen LogP contribution in [0.25, 0.3) is 10.9 Å². The van der Waals surface area contributed by atoms with Crippen LogP contribution in [0, 0.1) is 5.82 Å². The summed E-state index contributed by atoms with van der Waals surface area (Å²) in [5.74, 6) is -1.08. The second-order valence-electron chi connectivity index (χ2n) is 7.03. The summed E-state index contributed by atoms with van der Waals surface area (Å²) in [5, 5.41) is 0.967. The van der Waals surface area contributed by atoms with E-state index in [4.69, 9.17) is 9.47 Å². The van der Waals surface area contributed by atoms with Gasteiger partial charge in [0.25, 0.3) is 0 Å². The standard InChI is InChI=1S/C22H21FN2O4/c1-28-22(27)19-11-15(29-20-9-5-3-7-17(20)23)13-25(19)21(26)10-14-12-24-18-8-4-2-6-16(14)18/h2-9,12,15,19,24H,10-11,13H2,1H3/t15-,19+/m0/s1. The van der Waals surface area contributed by atoms with Crippen molar-refractivity contribution in [3.63, 3.8) is 0 Å². The lowest BCUT2D eigenvalue weighted by atomic mass is 10.1. The highest BCUT2D eigenvalue weighted by molar-refractivity contribution is 5.91. The maximum absolute atomic E-state index is 13.9. The Kier molecular flexibility index (Phi) is 5.20. The monoisotopic (exact) mass is 396 g/mol. The number of methoxy groups -OCH3 is 1. The number of H-pyrrole nitrogens is 1. The number of hydrogen-bond donors (Lipinski definition) is 1. The number of hydrogen-bond acceptors (Lipinski definition) is 4. The minimum atomic E-state index is -0.755. The molecule has 0 radical (unpaired) electrons. The zero-order chi connectivity index (χ0) is 20.4. The van der Waals surface area contributed by atoms with Crippen molar-refractivity contribution in [3.8, 4) is 5.75 Å². The van der Waals surface area contributed by atoms with Gasteiger partial charge in [-0.25, -0.2) is 9.18 Å². The molecule has 0 unspecified atom stereocenters. The van der Waals surface area contributed by atoms with Crippen molar-refractivity contribution in [1.82, 2.24) is 9.88 Å². The van der Waals surface area contributed by atoms with Gasteiger partial charge in [-0.3, -0.25) is 4.79 Å². The van der Waals surface area contributed by atoms with Gasteiger partial charge in [0.05, 0.1) is 20.1 Å². The van der Waals surface area contributed by atoms with Crippen molar-refractivity contribution in [3.05, 3.63) is 66.1 Å². The van der Waals surface area contributed by atoms with Crippen LogP contribution in [0.1, 0.15) is 12.0 Å². The highest BCUT2D eigenvalue weighted by atomic mass is 19.1. The van der Waals surface area contributed by atoms with Gasteiger partial charge in [-0.2, -0.15) is 0 Å². The maximum atomic E-state index is 13.9. The van der Waals surface area contributed by atoms with Gasteiger partial charge in [-0.1, -0.05) is 30.3 Å². The molecule has 3 aromatic rings. The fourth-order valence-electron chi connectivity index (χ4n) is 3.78. The number of nitrogens with zero attached hydrogens (tertiary/aromatic N) is 1. The lowest BCUT2D eigenvalue weighted by molar-refractivity contribution is -0.150. The molecule has 1 amide bonds. The molecule has 1 N–H and O–H groups in total. The number of ether oxygens (including phenoxy) is 2. The molecule has 1 aromatic heterocycles. The van der Waals surface area contributed by atoms with Gasteiger partial charge in [0, 0.05) is 23.5 Å². The summed E-state index contributed by atoms with van der Waals surface area (Å²) in [6.07, 6.45) is 1.70. The largest absolute Gasteiger partial charge is 0.485 e. The van der Waals surface area contributed by atoms with E-state index in [0.717, 1.165) is 16.5 Å². The van der Waals surface area contributed by atoms with Gasteiger partial charge >= 0.3 is 5.97 Å². The summed E-state index contributed by atoms with van der Waals surface area (Å²) in [6, 6.07) is 13.0. The minimum absolute atomic E-state index is 0.104. The number of likely N-dealkylation sites (tertiary alicyclic amines) is 1. The molecule has 150 valence electrons. The van der Waals surface area contributed by atoms with E-state index >= 15 is 0 Å². The molecular weight excluding hydrogens is 375 g/mol. The molecule has 2 atom stereocenters. The van der Waals surface area contributed by atoms with Gasteiger partial charge in [0.15, 0.2) is 11.6 Å². The number of rotatable bonds is 5. The maximum Gasteiger partial charge on any atom is 0.328 e. The Hall–Kier alpha value is -3.35. The minimum Gasteiger partial charge on any atom is -0.485 e. The molecule has 1 saturated heterocycles. The molecule has 2 heterocycles. The van der Waals surface area contributed by atoms with Gasteiger partial charge < -0.3 is 19.4 Å². The zero-order valence-corrected chi connectivity index (χ0v) is 15.9. The molecule has 0 aliphatic carbocycles. The van der Waals surface area contributed by atoms with Crippen LogP contribution in [0.5, 0.6) is 5.75 Å². The molecule has 2 aromatic carbocycles. The van der Waals surface area contributed by atoms with Gasteiger partial charge in [-0.15, -0.1) is 0 Å². The van der Waals surface area contributed by atoms with E-state index in [2.05, 4.69) is 4.98 Å². The van der Waals surface area contributed by atoms with Crippen molar-refractivity contribution >= 4 is 22.8 Å². The van der Waals surface area contributed by atoms with Crippen LogP contribution in [0.2, 0.25) is 0 Å². The fraction of sp³-hybridized carbons (Fsp3) is 0.273. The molecule has 0 bridgehead atoms. The van der Waals surface area contributed by atoms with Crippen LogP contribution in [0.4, 0.5) is 4.39 Å². The SMILES string of the molecule is COC(=O)[C@H]1C[C@H](Oc2ccccc2F)CN1C(=O)Cc1c[nH]c2ccccc12. The van der Waals surface area contributed by atoms with Crippen LogP contribution < -0.4 is 4.74 Å². The van der Waals surface area contributed by atoms with Crippen molar-refractivity contribution in [2.24, 2.45) is 0 Å². The first-order valence-corrected chi connectivity index (χ1v) is 9.40. The van der Waals surface area contributed by atoms with Crippen molar-refractivity contribution in [2.75, 3.05) is 13.7 Å². The van der Waals surface area contributed by atoms with E-state index in [1.54, 1.807) is 18.3 Å². The quantitative estimate of drug-likeness (QED) is 0.673. The van der Waals surface area contributed by atoms with Crippen molar-refractivity contribution < 1.29 is 23.5 Å². The van der Waals surface area contributed by atoms with E-state index in [-0.39, 0.29) is 31.0 Å². The Bertz CT molecular complexity index is 1050. The summed E-state index contributed by atoms with van der Waals surface area (Å²) >= 11 is 0. The Labute approximate surface area is 167 Å². The number of nitrogens with one attached hydrogen (secondary N) is 1. The number of aromatic nitrogens is 1. The first kappa shape index (κ1) is 19.0. The number of amides is 1. The molecule has 1 aliphatic rings. The van der Waals surface area contributed by atoms with Crippen molar-refractivity contribution in [1.29, 1.82) is 0 Å². The molecule has 4 rings (SSSR count). The second kappa shape index (κ2) is 7.95. The fourth-order valence-corrected chi connectivity index (χ4v) is 3.78. The summed E-state index contributed by atoms with van der Waals surface area (Å²) in [5.41, 5.74) is 1.80. The third-order valence-corrected chi connectivity index (χ3v) is 5.20. The Balaban J connectivity index is 1.52. The average molecular weight is 396 g/mol. The number of esters is 1. The number of para-hydroxylation sites is 2.